The van der Waals surface area contributed by atoms with Gasteiger partial charge < -0.3 is 20.4 Å². The lowest BCUT2D eigenvalue weighted by atomic mass is 9.82. The van der Waals surface area contributed by atoms with Gasteiger partial charge in [-0.2, -0.15) is 0 Å². The highest BCUT2D eigenvalue weighted by Gasteiger charge is 2.24. The molecule has 7 nitrogen and oxygen atoms in total. The third-order valence-corrected chi connectivity index (χ3v) is 8.47. The van der Waals surface area contributed by atoms with E-state index in [1.165, 1.54) is 18.0 Å². The van der Waals surface area contributed by atoms with Gasteiger partial charge in [-0.25, -0.2) is 9.38 Å². The first-order valence-electron chi connectivity index (χ1n) is 15.5. The van der Waals surface area contributed by atoms with E-state index in [0.717, 1.165) is 63.3 Å². The summed E-state index contributed by atoms with van der Waals surface area (Å²) >= 11 is 8.99. The second kappa shape index (κ2) is 24.2. The second-order valence-corrected chi connectivity index (χ2v) is 12.2. The first-order valence-corrected chi connectivity index (χ1v) is 17.2. The molecule has 0 fully saturated rings. The smallest absolute Gasteiger partial charge is 0.247 e. The third kappa shape index (κ3) is 16.3. The fraction of sp³-hybridized carbons (Fsp3) is 0.618. The van der Waals surface area contributed by atoms with E-state index in [-0.39, 0.29) is 23.1 Å². The Kier molecular flexibility index (Phi) is 23.1. The topological polar surface area (TPSA) is 72.3 Å². The Bertz CT molecular complexity index is 1050. The zero-order valence-corrected chi connectivity index (χ0v) is 30.7. The Morgan fingerprint density at radius 2 is 1.93 bits per heavy atom. The van der Waals surface area contributed by atoms with Gasteiger partial charge in [-0.15, -0.1) is 11.6 Å². The minimum atomic E-state index is -0.442. The number of hydrogen-bond acceptors (Lipinski definition) is 4. The zero-order chi connectivity index (χ0) is 33.5. The van der Waals surface area contributed by atoms with Crippen molar-refractivity contribution in [2.75, 3.05) is 59.0 Å². The Balaban J connectivity index is 6.47. The van der Waals surface area contributed by atoms with Gasteiger partial charge in [-0.1, -0.05) is 56.3 Å². The molecule has 0 rings (SSSR count). The van der Waals surface area contributed by atoms with Crippen LogP contribution in [-0.2, 0) is 4.79 Å². The molecule has 10 heteroatoms. The summed E-state index contributed by atoms with van der Waals surface area (Å²) in [5, 5.41) is 7.14. The SMILES string of the molecule is C=CC(=CC=C(F)CCl)N(C)C(=NC=NC)C(CC)CC(NC(=O)C=CCBr)=C(CC)CN(C)CCCC(C)(CC)CNC. The number of rotatable bonds is 22. The number of amidine groups is 1. The zero-order valence-electron chi connectivity index (χ0n) is 28.4. The molecule has 0 bridgehead atoms. The molecule has 0 aromatic carbocycles. The van der Waals surface area contributed by atoms with Crippen LogP contribution in [0.3, 0.4) is 0 Å². The van der Waals surface area contributed by atoms with Gasteiger partial charge in [0.1, 0.15) is 18.0 Å². The Labute approximate surface area is 280 Å². The molecule has 0 heterocycles. The molecular weight excluding hydrogens is 643 g/mol. The van der Waals surface area contributed by atoms with Crippen LogP contribution in [0.4, 0.5) is 4.39 Å². The normalized spacial score (nSPS) is 16.0. The lowest BCUT2D eigenvalue weighted by Gasteiger charge is -2.30. The molecule has 0 saturated heterocycles. The number of likely N-dealkylation sites (N-methyl/N-ethyl adjacent to an activating group) is 2. The van der Waals surface area contributed by atoms with Gasteiger partial charge in [0.15, 0.2) is 0 Å². The van der Waals surface area contributed by atoms with Crippen molar-refractivity contribution in [2.24, 2.45) is 21.3 Å². The highest BCUT2D eigenvalue weighted by atomic mass is 79.9. The molecule has 0 spiro atoms. The van der Waals surface area contributed by atoms with Crippen molar-refractivity contribution in [2.45, 2.75) is 66.2 Å². The van der Waals surface area contributed by atoms with Crippen molar-refractivity contribution in [1.82, 2.24) is 20.4 Å². The number of amides is 1. The molecular formula is C34H57BrClFN6O. The number of carbonyl (C=O) groups excluding carboxylic acids is 1. The molecule has 2 N–H and O–H groups in total. The summed E-state index contributed by atoms with van der Waals surface area (Å²) < 4.78 is 13.8. The van der Waals surface area contributed by atoms with Crippen molar-refractivity contribution < 1.29 is 9.18 Å². The number of nitrogens with zero attached hydrogens (tertiary/aromatic N) is 4. The molecule has 0 saturated carbocycles. The van der Waals surface area contributed by atoms with Gasteiger partial charge in [0.05, 0.1) is 5.88 Å². The molecule has 1 amide bonds. The minimum absolute atomic E-state index is 0.0719. The summed E-state index contributed by atoms with van der Waals surface area (Å²) in [6, 6.07) is 0. The lowest BCUT2D eigenvalue weighted by molar-refractivity contribution is -0.115. The maximum Gasteiger partial charge on any atom is 0.247 e. The van der Waals surface area contributed by atoms with Crippen molar-refractivity contribution in [3.63, 3.8) is 0 Å². The minimum Gasteiger partial charge on any atom is -0.333 e. The number of alkyl halides is 2. The summed E-state index contributed by atoms with van der Waals surface area (Å²) in [7, 11) is 7.70. The molecule has 0 aromatic heterocycles. The van der Waals surface area contributed by atoms with Crippen LogP contribution in [0.15, 0.2) is 69.7 Å². The van der Waals surface area contributed by atoms with Gasteiger partial charge in [0.2, 0.25) is 5.91 Å². The van der Waals surface area contributed by atoms with Gasteiger partial charge in [-0.05, 0) is 88.4 Å². The summed E-state index contributed by atoms with van der Waals surface area (Å²) in [5.74, 6) is -0.145. The van der Waals surface area contributed by atoms with Crippen LogP contribution in [-0.4, -0.2) is 86.9 Å². The fourth-order valence-corrected chi connectivity index (χ4v) is 5.24. The summed E-state index contributed by atoms with van der Waals surface area (Å²) in [5.41, 5.74) is 3.02. The molecule has 0 aliphatic rings. The van der Waals surface area contributed by atoms with E-state index in [1.54, 1.807) is 31.4 Å². The Morgan fingerprint density at radius 3 is 2.45 bits per heavy atom. The van der Waals surface area contributed by atoms with E-state index in [4.69, 9.17) is 16.6 Å². The number of hydrogen-bond donors (Lipinski definition) is 2. The molecule has 2 atom stereocenters. The van der Waals surface area contributed by atoms with Crippen LogP contribution >= 0.6 is 27.5 Å². The number of carbonyl (C=O) groups is 1. The van der Waals surface area contributed by atoms with Crippen molar-refractivity contribution in [1.29, 1.82) is 0 Å². The lowest BCUT2D eigenvalue weighted by Crippen LogP contribution is -2.35. The fourth-order valence-electron chi connectivity index (χ4n) is 4.96. The van der Waals surface area contributed by atoms with E-state index in [2.05, 4.69) is 77.8 Å². The summed E-state index contributed by atoms with van der Waals surface area (Å²) in [4.78, 5) is 26.0. The maximum absolute atomic E-state index is 13.8. The number of allylic oxidation sites excluding steroid dienone is 6. The predicted molar refractivity (Wildman–Crippen MR) is 194 cm³/mol. The first-order chi connectivity index (χ1) is 21.0. The van der Waals surface area contributed by atoms with E-state index in [1.807, 2.05) is 19.0 Å². The number of nitrogens with one attached hydrogen (secondary N) is 2. The van der Waals surface area contributed by atoms with Crippen LogP contribution in [0, 0.1) is 11.3 Å². The Morgan fingerprint density at radius 1 is 1.23 bits per heavy atom. The maximum atomic E-state index is 13.8. The van der Waals surface area contributed by atoms with E-state index < -0.39 is 5.83 Å². The largest absolute Gasteiger partial charge is 0.333 e. The van der Waals surface area contributed by atoms with Crippen LogP contribution < -0.4 is 10.6 Å². The highest BCUT2D eigenvalue weighted by molar-refractivity contribution is 9.09. The quantitative estimate of drug-likeness (QED) is 0.0401. The van der Waals surface area contributed by atoms with Crippen molar-refractivity contribution in [3.05, 3.63) is 59.8 Å². The molecule has 0 radical (unpaired) electrons. The molecule has 0 aliphatic carbocycles. The monoisotopic (exact) mass is 698 g/mol. The van der Waals surface area contributed by atoms with Crippen molar-refractivity contribution >= 4 is 45.6 Å². The molecule has 44 heavy (non-hydrogen) atoms. The van der Waals surface area contributed by atoms with E-state index in [9.17, 15) is 9.18 Å². The Hall–Kier alpha value is -2.07. The predicted octanol–water partition coefficient (Wildman–Crippen LogP) is 7.63. The van der Waals surface area contributed by atoms with Gasteiger partial charge in [0.25, 0.3) is 0 Å². The van der Waals surface area contributed by atoms with Crippen LogP contribution in [0.2, 0.25) is 0 Å². The first kappa shape index (κ1) is 41.9. The van der Waals surface area contributed by atoms with Crippen LogP contribution in [0.25, 0.3) is 0 Å². The van der Waals surface area contributed by atoms with Crippen LogP contribution in [0.1, 0.15) is 66.2 Å². The van der Waals surface area contributed by atoms with Crippen LogP contribution in [0.5, 0.6) is 0 Å². The van der Waals surface area contributed by atoms with Gasteiger partial charge in [0, 0.05) is 55.9 Å². The molecule has 0 aromatic rings. The number of aliphatic imine (C=N–C) groups is 2. The standard InChI is InChI=1S/C34H57BrClFN6O/c1-10-27(33(40-26-39-7)43(9)30(12-3)18-17-29(37)23-36)22-31(41-32(44)16-14-20-35)28(11-2)24-42(8)21-15-19-34(5,13-4)25-38-6/h12,14,16-18,26-27,38H,3,10-11,13,15,19-25H2,1-2,4-9H3,(H,41,44). The van der Waals surface area contributed by atoms with E-state index >= 15 is 0 Å². The van der Waals surface area contributed by atoms with Gasteiger partial charge in [-0.3, -0.25) is 9.79 Å². The average molecular weight is 700 g/mol. The number of halogens is 3. The molecule has 0 aliphatic heterocycles. The average Bonchev–Trinajstić information content (AvgIpc) is 3.01. The summed E-state index contributed by atoms with van der Waals surface area (Å²) in [6.45, 7) is 15.5. The third-order valence-electron chi connectivity index (χ3n) is 7.84. The highest BCUT2D eigenvalue weighted by Crippen LogP contribution is 2.27. The van der Waals surface area contributed by atoms with Gasteiger partial charge >= 0.3 is 0 Å². The molecule has 2 unspecified atom stereocenters. The van der Waals surface area contributed by atoms with E-state index in [0.29, 0.717) is 17.4 Å². The molecule has 250 valence electrons. The van der Waals surface area contributed by atoms with Crippen molar-refractivity contribution in [3.8, 4) is 0 Å². The summed E-state index contributed by atoms with van der Waals surface area (Å²) in [6.07, 6.45) is 15.0. The second-order valence-electron chi connectivity index (χ2n) is 11.3.